The number of hydrogen-bond acceptors (Lipinski definition) is 2. The van der Waals surface area contributed by atoms with Crippen LogP contribution in [0.25, 0.3) is 0 Å². The van der Waals surface area contributed by atoms with Crippen molar-refractivity contribution in [1.82, 2.24) is 0 Å². The van der Waals surface area contributed by atoms with Crippen LogP contribution in [0.3, 0.4) is 0 Å². The number of carbonyl (C=O) groups excluding carboxylic acids is 1. The summed E-state index contributed by atoms with van der Waals surface area (Å²) >= 11 is 0. The minimum absolute atomic E-state index is 0.208. The van der Waals surface area contributed by atoms with Crippen LogP contribution in [0.5, 0.6) is 0 Å². The Kier molecular flexibility index (Phi) is 2.41. The molecule has 0 radical (unpaired) electrons. The maximum absolute atomic E-state index is 11.2. The molecular formula is C12H16O3. The topological polar surface area (TPSA) is 54.4 Å². The van der Waals surface area contributed by atoms with E-state index in [1.165, 1.54) is 5.57 Å². The zero-order chi connectivity index (χ0) is 11.1. The lowest BCUT2D eigenvalue weighted by Crippen LogP contribution is -2.35. The van der Waals surface area contributed by atoms with E-state index >= 15 is 0 Å². The average molecular weight is 208 g/mol. The first-order valence-electron chi connectivity index (χ1n) is 5.48. The maximum Gasteiger partial charge on any atom is 0.309 e. The second-order valence-corrected chi connectivity index (χ2v) is 4.99. The van der Waals surface area contributed by atoms with Gasteiger partial charge < -0.3 is 5.11 Å². The van der Waals surface area contributed by atoms with Gasteiger partial charge >= 0.3 is 5.97 Å². The Morgan fingerprint density at radius 3 is 2.93 bits per heavy atom. The standard InChI is InChI=1S/C12H16O3/c1-12(11(14)15)5-4-8-6-10(13)3-2-9(8)7-12/h6,9H,2-5,7H2,1H3,(H,14,15). The van der Waals surface area contributed by atoms with Gasteiger partial charge in [0.05, 0.1) is 5.41 Å². The fraction of sp³-hybridized carbons (Fsp3) is 0.667. The number of carbonyl (C=O) groups is 2. The van der Waals surface area contributed by atoms with Crippen LogP contribution >= 0.6 is 0 Å². The van der Waals surface area contributed by atoms with Gasteiger partial charge in [-0.15, -0.1) is 0 Å². The zero-order valence-electron chi connectivity index (χ0n) is 8.95. The van der Waals surface area contributed by atoms with Crippen molar-refractivity contribution in [3.8, 4) is 0 Å². The summed E-state index contributed by atoms with van der Waals surface area (Å²) in [6.07, 6.45) is 5.31. The van der Waals surface area contributed by atoms with Gasteiger partial charge in [0.25, 0.3) is 0 Å². The lowest BCUT2D eigenvalue weighted by molar-refractivity contribution is -0.150. The minimum atomic E-state index is -0.696. The number of rotatable bonds is 1. The van der Waals surface area contributed by atoms with Crippen molar-refractivity contribution in [1.29, 1.82) is 0 Å². The maximum atomic E-state index is 11.2. The van der Waals surface area contributed by atoms with Gasteiger partial charge in [0.2, 0.25) is 0 Å². The van der Waals surface area contributed by atoms with Crippen LogP contribution in [-0.4, -0.2) is 16.9 Å². The van der Waals surface area contributed by atoms with Crippen molar-refractivity contribution in [2.75, 3.05) is 0 Å². The molecule has 2 rings (SSSR count). The molecule has 0 saturated heterocycles. The Bertz CT molecular complexity index is 343. The molecule has 3 nitrogen and oxygen atoms in total. The number of fused-ring (bicyclic) bond motifs is 1. The Balaban J connectivity index is 2.18. The third-order valence-electron chi connectivity index (χ3n) is 3.79. The average Bonchev–Trinajstić information content (AvgIpc) is 2.18. The summed E-state index contributed by atoms with van der Waals surface area (Å²) < 4.78 is 0. The van der Waals surface area contributed by atoms with Gasteiger partial charge in [-0.05, 0) is 44.6 Å². The molecule has 1 fully saturated rings. The molecule has 15 heavy (non-hydrogen) atoms. The number of allylic oxidation sites excluding steroid dienone is 2. The van der Waals surface area contributed by atoms with Crippen molar-refractivity contribution < 1.29 is 14.7 Å². The van der Waals surface area contributed by atoms with Crippen molar-refractivity contribution >= 4 is 11.8 Å². The number of ketones is 1. The van der Waals surface area contributed by atoms with Crippen LogP contribution < -0.4 is 0 Å². The molecule has 0 aromatic heterocycles. The molecule has 0 heterocycles. The molecule has 2 aliphatic rings. The molecule has 2 unspecified atom stereocenters. The Hall–Kier alpha value is -1.12. The van der Waals surface area contributed by atoms with E-state index in [-0.39, 0.29) is 5.78 Å². The normalized spacial score (nSPS) is 35.7. The van der Waals surface area contributed by atoms with E-state index in [2.05, 4.69) is 0 Å². The number of aliphatic carboxylic acids is 1. The van der Waals surface area contributed by atoms with Gasteiger partial charge in [0.1, 0.15) is 0 Å². The summed E-state index contributed by atoms with van der Waals surface area (Å²) in [7, 11) is 0. The van der Waals surface area contributed by atoms with Crippen LogP contribution in [0, 0.1) is 11.3 Å². The van der Waals surface area contributed by atoms with Gasteiger partial charge in [0.15, 0.2) is 5.78 Å². The van der Waals surface area contributed by atoms with Gasteiger partial charge in [-0.2, -0.15) is 0 Å². The third-order valence-corrected chi connectivity index (χ3v) is 3.79. The number of carboxylic acid groups (broad SMARTS) is 1. The second-order valence-electron chi connectivity index (χ2n) is 4.99. The molecule has 0 aromatic rings. The van der Waals surface area contributed by atoms with Crippen LogP contribution in [0.4, 0.5) is 0 Å². The lowest BCUT2D eigenvalue weighted by Gasteiger charge is -2.38. The fourth-order valence-corrected chi connectivity index (χ4v) is 2.67. The van der Waals surface area contributed by atoms with E-state index in [0.29, 0.717) is 25.2 Å². The predicted octanol–water partition coefficient (Wildman–Crippen LogP) is 2.17. The Morgan fingerprint density at radius 1 is 1.53 bits per heavy atom. The molecule has 1 saturated carbocycles. The molecule has 0 aromatic carbocycles. The minimum Gasteiger partial charge on any atom is -0.481 e. The molecule has 1 N–H and O–H groups in total. The van der Waals surface area contributed by atoms with Gasteiger partial charge in [-0.1, -0.05) is 5.57 Å². The van der Waals surface area contributed by atoms with Crippen LogP contribution in [0.2, 0.25) is 0 Å². The summed E-state index contributed by atoms with van der Waals surface area (Å²) in [5, 5.41) is 9.15. The molecule has 2 atom stereocenters. The van der Waals surface area contributed by atoms with Crippen LogP contribution in [0.15, 0.2) is 11.6 Å². The lowest BCUT2D eigenvalue weighted by atomic mass is 9.66. The van der Waals surface area contributed by atoms with E-state index in [9.17, 15) is 9.59 Å². The molecule has 3 heteroatoms. The molecule has 0 aliphatic heterocycles. The summed E-state index contributed by atoms with van der Waals surface area (Å²) in [6, 6.07) is 0. The van der Waals surface area contributed by atoms with Gasteiger partial charge in [-0.25, -0.2) is 0 Å². The Morgan fingerprint density at radius 2 is 2.27 bits per heavy atom. The van der Waals surface area contributed by atoms with Crippen molar-refractivity contribution in [2.45, 2.75) is 39.0 Å². The van der Waals surface area contributed by atoms with E-state index < -0.39 is 11.4 Å². The summed E-state index contributed by atoms with van der Waals surface area (Å²) in [5.74, 6) is -0.156. The smallest absolute Gasteiger partial charge is 0.309 e. The number of hydrogen-bond donors (Lipinski definition) is 1. The zero-order valence-corrected chi connectivity index (χ0v) is 8.95. The molecule has 0 spiro atoms. The highest BCUT2D eigenvalue weighted by atomic mass is 16.4. The Labute approximate surface area is 89.2 Å². The molecule has 0 bridgehead atoms. The summed E-state index contributed by atoms with van der Waals surface area (Å²) in [4.78, 5) is 22.3. The van der Waals surface area contributed by atoms with Crippen molar-refractivity contribution in [3.63, 3.8) is 0 Å². The predicted molar refractivity (Wildman–Crippen MR) is 55.4 cm³/mol. The highest BCUT2D eigenvalue weighted by Gasteiger charge is 2.41. The highest BCUT2D eigenvalue weighted by Crippen LogP contribution is 2.45. The van der Waals surface area contributed by atoms with Gasteiger partial charge in [0, 0.05) is 6.42 Å². The van der Waals surface area contributed by atoms with E-state index in [1.807, 2.05) is 6.92 Å². The SMILES string of the molecule is CC1(C(=O)O)CCC2=CC(=O)CCC2C1. The first-order valence-corrected chi connectivity index (χ1v) is 5.48. The molecule has 2 aliphatic carbocycles. The largest absolute Gasteiger partial charge is 0.481 e. The first kappa shape index (κ1) is 10.4. The summed E-state index contributed by atoms with van der Waals surface area (Å²) in [6.45, 7) is 1.82. The van der Waals surface area contributed by atoms with Crippen molar-refractivity contribution in [2.24, 2.45) is 11.3 Å². The first-order chi connectivity index (χ1) is 7.01. The fourth-order valence-electron chi connectivity index (χ4n) is 2.67. The number of carboxylic acids is 1. The molecular weight excluding hydrogens is 192 g/mol. The van der Waals surface area contributed by atoms with Crippen molar-refractivity contribution in [3.05, 3.63) is 11.6 Å². The quantitative estimate of drug-likeness (QED) is 0.718. The monoisotopic (exact) mass is 208 g/mol. The summed E-state index contributed by atoms with van der Waals surface area (Å²) in [5.41, 5.74) is 0.604. The third kappa shape index (κ3) is 1.83. The molecule has 0 amide bonds. The second kappa shape index (κ2) is 3.47. The van der Waals surface area contributed by atoms with Crippen LogP contribution in [0.1, 0.15) is 39.0 Å². The highest BCUT2D eigenvalue weighted by molar-refractivity contribution is 5.91. The van der Waals surface area contributed by atoms with E-state index in [4.69, 9.17) is 5.11 Å². The van der Waals surface area contributed by atoms with E-state index in [0.717, 1.165) is 12.8 Å². The molecule has 82 valence electrons. The van der Waals surface area contributed by atoms with E-state index in [1.54, 1.807) is 6.08 Å². The van der Waals surface area contributed by atoms with Gasteiger partial charge in [-0.3, -0.25) is 9.59 Å². The van der Waals surface area contributed by atoms with Crippen LogP contribution in [-0.2, 0) is 9.59 Å².